The molecule has 0 N–H and O–H groups in total. The van der Waals surface area contributed by atoms with Crippen molar-refractivity contribution in [3.63, 3.8) is 0 Å². The molecular weight excluding hydrogens is 178 g/mol. The van der Waals surface area contributed by atoms with Crippen LogP contribution in [0, 0.1) is 5.92 Å². The molecule has 0 aromatic heterocycles. The highest BCUT2D eigenvalue weighted by molar-refractivity contribution is 5.80. The first-order valence-corrected chi connectivity index (χ1v) is 5.60. The van der Waals surface area contributed by atoms with E-state index in [1.54, 1.807) is 0 Å². The number of hydrogen-bond acceptors (Lipinski definition) is 2. The van der Waals surface area contributed by atoms with Crippen LogP contribution >= 0.6 is 0 Å². The van der Waals surface area contributed by atoms with Crippen molar-refractivity contribution < 1.29 is 9.53 Å². The second-order valence-electron chi connectivity index (χ2n) is 4.61. The van der Waals surface area contributed by atoms with Crippen LogP contribution in [0.2, 0.25) is 0 Å². The third-order valence-corrected chi connectivity index (χ3v) is 3.35. The lowest BCUT2D eigenvalue weighted by atomic mass is 9.84. The van der Waals surface area contributed by atoms with Gasteiger partial charge in [0.05, 0.1) is 18.8 Å². The van der Waals surface area contributed by atoms with Crippen molar-refractivity contribution in [3.05, 3.63) is 0 Å². The van der Waals surface area contributed by atoms with Gasteiger partial charge >= 0.3 is 0 Å². The molecule has 1 heterocycles. The highest BCUT2D eigenvalue weighted by Crippen LogP contribution is 2.29. The van der Waals surface area contributed by atoms with Crippen molar-refractivity contribution in [3.8, 4) is 0 Å². The predicted molar refractivity (Wildman–Crippen MR) is 53.9 cm³/mol. The maximum Gasteiger partial charge on any atom is 0.226 e. The Labute approximate surface area is 85.4 Å². The maximum atomic E-state index is 12.0. The Hall–Kier alpha value is -0.570. The van der Waals surface area contributed by atoms with Gasteiger partial charge in [-0.2, -0.15) is 0 Å². The summed E-state index contributed by atoms with van der Waals surface area (Å²) < 4.78 is 5.51. The smallest absolute Gasteiger partial charge is 0.226 e. The SMILES string of the molecule is CC1CN(C(=O)C2CCC2)C(C)CO1. The fourth-order valence-corrected chi connectivity index (χ4v) is 2.10. The topological polar surface area (TPSA) is 29.5 Å². The van der Waals surface area contributed by atoms with Gasteiger partial charge in [-0.25, -0.2) is 0 Å². The molecule has 2 aliphatic rings. The quantitative estimate of drug-likeness (QED) is 0.636. The predicted octanol–water partition coefficient (Wildman–Crippen LogP) is 1.42. The summed E-state index contributed by atoms with van der Waals surface area (Å²) >= 11 is 0. The minimum Gasteiger partial charge on any atom is -0.375 e. The van der Waals surface area contributed by atoms with Crippen LogP contribution in [0.4, 0.5) is 0 Å². The highest BCUT2D eigenvalue weighted by atomic mass is 16.5. The molecule has 1 saturated heterocycles. The standard InChI is InChI=1S/C11H19NO2/c1-8-7-14-9(2)6-12(8)11(13)10-4-3-5-10/h8-10H,3-7H2,1-2H3. The van der Waals surface area contributed by atoms with Crippen LogP contribution in [0.3, 0.4) is 0 Å². The Kier molecular flexibility index (Phi) is 2.77. The molecule has 2 atom stereocenters. The van der Waals surface area contributed by atoms with E-state index < -0.39 is 0 Å². The van der Waals surface area contributed by atoms with Crippen molar-refractivity contribution in [1.29, 1.82) is 0 Å². The van der Waals surface area contributed by atoms with Gasteiger partial charge in [-0.15, -0.1) is 0 Å². The molecule has 1 aliphatic carbocycles. The van der Waals surface area contributed by atoms with Crippen LogP contribution in [-0.2, 0) is 9.53 Å². The summed E-state index contributed by atoms with van der Waals surface area (Å²) in [6, 6.07) is 0.263. The van der Waals surface area contributed by atoms with Gasteiger partial charge in [-0.1, -0.05) is 6.42 Å². The second kappa shape index (κ2) is 3.89. The summed E-state index contributed by atoms with van der Waals surface area (Å²) in [7, 11) is 0. The molecule has 0 bridgehead atoms. The Morgan fingerprint density at radius 2 is 2.07 bits per heavy atom. The molecule has 0 spiro atoms. The van der Waals surface area contributed by atoms with Gasteiger partial charge in [0.25, 0.3) is 0 Å². The minimum atomic E-state index is 0.204. The zero-order valence-corrected chi connectivity index (χ0v) is 9.03. The van der Waals surface area contributed by atoms with Crippen molar-refractivity contribution in [1.82, 2.24) is 4.90 Å². The molecule has 0 radical (unpaired) electrons. The average Bonchev–Trinajstić information content (AvgIpc) is 2.06. The van der Waals surface area contributed by atoms with Gasteiger partial charge in [0.1, 0.15) is 0 Å². The Morgan fingerprint density at radius 1 is 1.36 bits per heavy atom. The van der Waals surface area contributed by atoms with Gasteiger partial charge in [-0.05, 0) is 26.7 Å². The summed E-state index contributed by atoms with van der Waals surface area (Å²) in [6.07, 6.45) is 3.62. The minimum absolute atomic E-state index is 0.204. The van der Waals surface area contributed by atoms with E-state index in [2.05, 4.69) is 6.92 Å². The first kappa shape index (κ1) is 9.97. The molecule has 2 unspecified atom stereocenters. The lowest BCUT2D eigenvalue weighted by Gasteiger charge is -2.40. The van der Waals surface area contributed by atoms with E-state index >= 15 is 0 Å². The van der Waals surface area contributed by atoms with E-state index in [0.717, 1.165) is 19.4 Å². The van der Waals surface area contributed by atoms with Gasteiger partial charge in [0.15, 0.2) is 0 Å². The fraction of sp³-hybridized carbons (Fsp3) is 0.909. The number of ether oxygens (including phenoxy) is 1. The summed E-state index contributed by atoms with van der Waals surface area (Å²) in [4.78, 5) is 14.0. The van der Waals surface area contributed by atoms with E-state index in [1.807, 2.05) is 11.8 Å². The van der Waals surface area contributed by atoms with Crippen LogP contribution in [0.15, 0.2) is 0 Å². The van der Waals surface area contributed by atoms with Crippen LogP contribution in [0.5, 0.6) is 0 Å². The van der Waals surface area contributed by atoms with E-state index in [1.165, 1.54) is 6.42 Å². The van der Waals surface area contributed by atoms with Gasteiger partial charge in [0.2, 0.25) is 5.91 Å². The molecule has 80 valence electrons. The molecule has 1 amide bonds. The van der Waals surface area contributed by atoms with Gasteiger partial charge in [0, 0.05) is 12.5 Å². The first-order chi connectivity index (χ1) is 6.68. The largest absolute Gasteiger partial charge is 0.375 e. The molecule has 1 saturated carbocycles. The molecule has 3 heteroatoms. The third kappa shape index (κ3) is 1.78. The summed E-state index contributed by atoms with van der Waals surface area (Å²) in [5.41, 5.74) is 0. The summed E-state index contributed by atoms with van der Waals surface area (Å²) in [5.74, 6) is 0.682. The summed E-state index contributed by atoms with van der Waals surface area (Å²) in [6.45, 7) is 5.57. The fourth-order valence-electron chi connectivity index (χ4n) is 2.10. The van der Waals surface area contributed by atoms with E-state index in [0.29, 0.717) is 18.4 Å². The molecule has 0 aromatic carbocycles. The highest BCUT2D eigenvalue weighted by Gasteiger charge is 2.34. The normalized spacial score (nSPS) is 34.0. The molecule has 0 aromatic rings. The maximum absolute atomic E-state index is 12.0. The van der Waals surface area contributed by atoms with Gasteiger partial charge in [-0.3, -0.25) is 4.79 Å². The lowest BCUT2D eigenvalue weighted by Crippen LogP contribution is -2.52. The second-order valence-corrected chi connectivity index (χ2v) is 4.61. The van der Waals surface area contributed by atoms with Crippen molar-refractivity contribution in [2.75, 3.05) is 13.2 Å². The monoisotopic (exact) mass is 197 g/mol. The van der Waals surface area contributed by atoms with Crippen LogP contribution in [0.25, 0.3) is 0 Å². The molecule has 3 nitrogen and oxygen atoms in total. The molecule has 14 heavy (non-hydrogen) atoms. The number of hydrogen-bond donors (Lipinski definition) is 0. The number of amides is 1. The molecule has 2 rings (SSSR count). The van der Waals surface area contributed by atoms with Crippen LogP contribution < -0.4 is 0 Å². The Morgan fingerprint density at radius 3 is 2.64 bits per heavy atom. The molecule has 2 fully saturated rings. The van der Waals surface area contributed by atoms with Crippen molar-refractivity contribution >= 4 is 5.91 Å². The average molecular weight is 197 g/mol. The number of rotatable bonds is 1. The van der Waals surface area contributed by atoms with E-state index in [9.17, 15) is 4.79 Å². The Balaban J connectivity index is 1.96. The summed E-state index contributed by atoms with van der Waals surface area (Å²) in [5, 5.41) is 0. The number of carbonyl (C=O) groups is 1. The van der Waals surface area contributed by atoms with Crippen LogP contribution in [-0.4, -0.2) is 36.1 Å². The van der Waals surface area contributed by atoms with E-state index in [-0.39, 0.29) is 12.1 Å². The van der Waals surface area contributed by atoms with Crippen molar-refractivity contribution in [2.45, 2.75) is 45.3 Å². The van der Waals surface area contributed by atoms with Crippen LogP contribution in [0.1, 0.15) is 33.1 Å². The number of morpholine rings is 1. The third-order valence-electron chi connectivity index (χ3n) is 3.35. The van der Waals surface area contributed by atoms with Crippen molar-refractivity contribution in [2.24, 2.45) is 5.92 Å². The molecule has 1 aliphatic heterocycles. The first-order valence-electron chi connectivity index (χ1n) is 5.60. The van der Waals surface area contributed by atoms with Gasteiger partial charge < -0.3 is 9.64 Å². The van der Waals surface area contributed by atoms with E-state index in [4.69, 9.17) is 4.74 Å². The molecular formula is C11H19NO2. The number of nitrogens with zero attached hydrogens (tertiary/aromatic N) is 1. The Bertz CT molecular complexity index is 225. The lowest BCUT2D eigenvalue weighted by molar-refractivity contribution is -0.150. The zero-order chi connectivity index (χ0) is 10.1. The zero-order valence-electron chi connectivity index (χ0n) is 9.03. The number of carbonyl (C=O) groups excluding carboxylic acids is 1.